The first-order chi connectivity index (χ1) is 7.75. The summed E-state index contributed by atoms with van der Waals surface area (Å²) in [6.07, 6.45) is 5.64. The van der Waals surface area contributed by atoms with Crippen molar-refractivity contribution in [3.8, 4) is 0 Å². The topological polar surface area (TPSA) is 57.8 Å². The van der Waals surface area contributed by atoms with Crippen LogP contribution in [0.25, 0.3) is 0 Å². The molecule has 0 saturated heterocycles. The number of hydrogen-bond donors (Lipinski definition) is 2. The number of hydrogen-bond acceptors (Lipinski definition) is 3. The molecule has 0 aliphatic carbocycles. The van der Waals surface area contributed by atoms with Gasteiger partial charge < -0.3 is 10.3 Å². The van der Waals surface area contributed by atoms with Crippen LogP contribution in [0.5, 0.6) is 0 Å². The van der Waals surface area contributed by atoms with Crippen LogP contribution < -0.4 is 10.9 Å². The van der Waals surface area contributed by atoms with Crippen molar-refractivity contribution in [1.82, 2.24) is 9.97 Å². The van der Waals surface area contributed by atoms with Gasteiger partial charge in [-0.25, -0.2) is 4.98 Å². The Labute approximate surface area is 104 Å². The Hall–Kier alpha value is -0.740. The molecule has 0 atom stereocenters. The van der Waals surface area contributed by atoms with Gasteiger partial charge in [0.25, 0.3) is 5.56 Å². The molecule has 1 rings (SSSR count). The van der Waals surface area contributed by atoms with Crippen LogP contribution in [-0.4, -0.2) is 22.4 Å². The Kier molecular flexibility index (Phi) is 6.26. The monoisotopic (exact) mass is 263 g/mol. The summed E-state index contributed by atoms with van der Waals surface area (Å²) in [6, 6.07) is 0. The highest BCUT2D eigenvalue weighted by Gasteiger charge is 2.03. The fraction of sp³-hybridized carbons (Fsp3) is 0.600. The van der Waals surface area contributed by atoms with Gasteiger partial charge in [0.05, 0.1) is 6.33 Å². The van der Waals surface area contributed by atoms with Gasteiger partial charge in [-0.3, -0.25) is 4.79 Å². The number of nitrogens with one attached hydrogen (secondary N) is 2. The zero-order chi connectivity index (χ0) is 11.8. The summed E-state index contributed by atoms with van der Waals surface area (Å²) < 4.78 is 0. The lowest BCUT2D eigenvalue weighted by Crippen LogP contribution is -2.12. The lowest BCUT2D eigenvalue weighted by molar-refractivity contribution is 0.686. The molecule has 1 aromatic heterocycles. The van der Waals surface area contributed by atoms with Gasteiger partial charge in [0.2, 0.25) is 0 Å². The Balaban J connectivity index is 2.27. The molecule has 0 aromatic carbocycles. The molecule has 2 N–H and O–H groups in total. The summed E-state index contributed by atoms with van der Waals surface area (Å²) in [4.78, 5) is 17.5. The van der Waals surface area contributed by atoms with Crippen molar-refractivity contribution in [3.05, 3.63) is 21.7 Å². The summed E-state index contributed by atoms with van der Waals surface area (Å²) in [5.41, 5.74) is -0.318. The second-order valence-corrected chi connectivity index (χ2v) is 4.18. The molecule has 0 spiro atoms. The highest BCUT2D eigenvalue weighted by molar-refractivity contribution is 6.32. The Morgan fingerprint density at radius 2 is 2.06 bits per heavy atom. The second-order valence-electron chi connectivity index (χ2n) is 3.42. The number of unbranched alkanes of at least 4 members (excludes halogenated alkanes) is 3. The summed E-state index contributed by atoms with van der Waals surface area (Å²) in [6.45, 7) is 0.762. The van der Waals surface area contributed by atoms with Crippen molar-refractivity contribution < 1.29 is 0 Å². The molecule has 1 heterocycles. The van der Waals surface area contributed by atoms with E-state index in [1.54, 1.807) is 0 Å². The normalized spacial score (nSPS) is 10.4. The van der Waals surface area contributed by atoms with Gasteiger partial charge in [-0.05, 0) is 12.8 Å². The molecule has 6 heteroatoms. The first-order valence-corrected chi connectivity index (χ1v) is 6.20. The van der Waals surface area contributed by atoms with Crippen molar-refractivity contribution in [1.29, 1.82) is 0 Å². The van der Waals surface area contributed by atoms with E-state index < -0.39 is 0 Å². The quantitative estimate of drug-likeness (QED) is 0.588. The van der Waals surface area contributed by atoms with Crippen molar-refractivity contribution in [2.45, 2.75) is 25.7 Å². The molecule has 0 amide bonds. The minimum Gasteiger partial charge on any atom is -0.369 e. The predicted molar refractivity (Wildman–Crippen MR) is 67.5 cm³/mol. The van der Waals surface area contributed by atoms with Crippen molar-refractivity contribution in [2.24, 2.45) is 0 Å². The Bertz CT molecular complexity index is 367. The minimum atomic E-state index is -0.318. The Morgan fingerprint density at radius 1 is 1.31 bits per heavy atom. The van der Waals surface area contributed by atoms with E-state index in [9.17, 15) is 4.79 Å². The van der Waals surface area contributed by atoms with Crippen LogP contribution in [0.3, 0.4) is 0 Å². The van der Waals surface area contributed by atoms with E-state index in [0.29, 0.717) is 5.82 Å². The largest absolute Gasteiger partial charge is 0.369 e. The molecule has 1 aromatic rings. The predicted octanol–water partition coefficient (Wildman–Crippen LogP) is 2.63. The third-order valence-corrected chi connectivity index (χ3v) is 2.77. The highest BCUT2D eigenvalue weighted by Crippen LogP contribution is 2.12. The van der Waals surface area contributed by atoms with Crippen molar-refractivity contribution >= 4 is 29.0 Å². The van der Waals surface area contributed by atoms with Crippen LogP contribution in [-0.2, 0) is 0 Å². The third-order valence-electron chi connectivity index (χ3n) is 2.15. The zero-order valence-corrected chi connectivity index (χ0v) is 10.4. The number of anilines is 1. The number of nitrogens with zero attached hydrogens (tertiary/aromatic N) is 1. The molecule has 0 radical (unpaired) electrons. The van der Waals surface area contributed by atoms with Gasteiger partial charge in [-0.2, -0.15) is 0 Å². The highest BCUT2D eigenvalue weighted by atomic mass is 35.5. The number of H-pyrrole nitrogens is 1. The van der Waals surface area contributed by atoms with Gasteiger partial charge in [0, 0.05) is 12.4 Å². The zero-order valence-electron chi connectivity index (χ0n) is 8.93. The van der Waals surface area contributed by atoms with E-state index in [1.807, 2.05) is 0 Å². The minimum absolute atomic E-state index is 0.114. The fourth-order valence-electron chi connectivity index (χ4n) is 1.29. The van der Waals surface area contributed by atoms with Gasteiger partial charge in [-0.15, -0.1) is 11.6 Å². The lowest BCUT2D eigenvalue weighted by Gasteiger charge is -2.05. The van der Waals surface area contributed by atoms with Gasteiger partial charge in [0.15, 0.2) is 5.82 Å². The van der Waals surface area contributed by atoms with E-state index in [-0.39, 0.29) is 10.6 Å². The van der Waals surface area contributed by atoms with Gasteiger partial charge >= 0.3 is 0 Å². The first-order valence-electron chi connectivity index (χ1n) is 5.28. The van der Waals surface area contributed by atoms with Crippen LogP contribution in [0.15, 0.2) is 11.1 Å². The van der Waals surface area contributed by atoms with E-state index in [4.69, 9.17) is 23.2 Å². The summed E-state index contributed by atoms with van der Waals surface area (Å²) in [5, 5.41) is 3.15. The standard InChI is InChI=1S/C10H15Cl2N3O/c11-5-3-1-2-4-6-13-9-8(12)10(16)15-7-14-9/h7H,1-6H2,(H2,13,14,15,16). The molecule has 4 nitrogen and oxygen atoms in total. The number of rotatable bonds is 7. The van der Waals surface area contributed by atoms with E-state index in [2.05, 4.69) is 15.3 Å². The van der Waals surface area contributed by atoms with Gasteiger partial charge in [-0.1, -0.05) is 24.4 Å². The molecule has 0 bridgehead atoms. The first kappa shape index (κ1) is 13.3. The maximum absolute atomic E-state index is 11.1. The molecular weight excluding hydrogens is 249 g/mol. The second kappa shape index (κ2) is 7.52. The molecule has 16 heavy (non-hydrogen) atoms. The summed E-state index contributed by atoms with van der Waals surface area (Å²) >= 11 is 11.3. The van der Waals surface area contributed by atoms with Crippen LogP contribution in [0, 0.1) is 0 Å². The third kappa shape index (κ3) is 4.41. The van der Waals surface area contributed by atoms with Crippen molar-refractivity contribution in [3.63, 3.8) is 0 Å². The maximum atomic E-state index is 11.1. The van der Waals surface area contributed by atoms with E-state index >= 15 is 0 Å². The fourth-order valence-corrected chi connectivity index (χ4v) is 1.65. The number of aromatic nitrogens is 2. The molecule has 90 valence electrons. The lowest BCUT2D eigenvalue weighted by atomic mass is 10.2. The maximum Gasteiger partial charge on any atom is 0.271 e. The average Bonchev–Trinajstić information content (AvgIpc) is 2.29. The SMILES string of the molecule is O=c1[nH]cnc(NCCCCCCCl)c1Cl. The van der Waals surface area contributed by atoms with Crippen LogP contribution in [0.2, 0.25) is 5.02 Å². The van der Waals surface area contributed by atoms with Crippen LogP contribution >= 0.6 is 23.2 Å². The number of alkyl halides is 1. The molecule has 0 unspecified atom stereocenters. The number of halogens is 2. The Morgan fingerprint density at radius 3 is 2.81 bits per heavy atom. The summed E-state index contributed by atoms with van der Waals surface area (Å²) in [5.74, 6) is 1.16. The molecular formula is C10H15Cl2N3O. The van der Waals surface area contributed by atoms with E-state index in [0.717, 1.165) is 38.1 Å². The van der Waals surface area contributed by atoms with Crippen LogP contribution in [0.1, 0.15) is 25.7 Å². The molecule has 0 saturated carbocycles. The average molecular weight is 264 g/mol. The van der Waals surface area contributed by atoms with E-state index in [1.165, 1.54) is 6.33 Å². The summed E-state index contributed by atoms with van der Waals surface area (Å²) in [7, 11) is 0. The van der Waals surface area contributed by atoms with Gasteiger partial charge in [0.1, 0.15) is 5.02 Å². The molecule has 0 aliphatic heterocycles. The van der Waals surface area contributed by atoms with Crippen LogP contribution in [0.4, 0.5) is 5.82 Å². The smallest absolute Gasteiger partial charge is 0.271 e. The van der Waals surface area contributed by atoms with Crippen molar-refractivity contribution in [2.75, 3.05) is 17.7 Å². The molecule has 0 aliphatic rings. The number of aromatic amines is 1. The molecule has 0 fully saturated rings.